The van der Waals surface area contributed by atoms with Crippen LogP contribution in [-0.4, -0.2) is 17.5 Å². The molecule has 1 unspecified atom stereocenters. The van der Waals surface area contributed by atoms with Crippen molar-refractivity contribution in [2.45, 2.75) is 66.2 Å². The lowest BCUT2D eigenvalue weighted by molar-refractivity contribution is 0.102. The van der Waals surface area contributed by atoms with Gasteiger partial charge in [-0.25, -0.2) is 4.98 Å². The van der Waals surface area contributed by atoms with Crippen molar-refractivity contribution in [1.82, 2.24) is 4.98 Å². The maximum Gasteiger partial charge on any atom is 0.256 e. The second kappa shape index (κ2) is 11.0. The average molecular weight is 533 g/mol. The van der Waals surface area contributed by atoms with Crippen LogP contribution in [0.25, 0.3) is 20.8 Å². The summed E-state index contributed by atoms with van der Waals surface area (Å²) < 4.78 is 7.07. The molecule has 0 saturated carbocycles. The zero-order valence-electron chi connectivity index (χ0n) is 22.2. The Kier molecular flexibility index (Phi) is 7.68. The zero-order valence-corrected chi connectivity index (χ0v) is 23.9. The van der Waals surface area contributed by atoms with Crippen LogP contribution in [0, 0.1) is 11.3 Å². The molecule has 0 saturated heterocycles. The number of anilines is 1. The van der Waals surface area contributed by atoms with Gasteiger partial charge in [-0.3, -0.25) is 4.79 Å². The number of benzene rings is 2. The van der Waals surface area contributed by atoms with Gasteiger partial charge in [0, 0.05) is 16.0 Å². The highest BCUT2D eigenvalue weighted by molar-refractivity contribution is 7.23. The third-order valence-corrected chi connectivity index (χ3v) is 9.56. The Morgan fingerprint density at radius 1 is 1.11 bits per heavy atom. The number of hydrogen-bond acceptors (Lipinski definition) is 5. The molecule has 4 nitrogen and oxygen atoms in total. The first-order valence-corrected chi connectivity index (χ1v) is 15.0. The van der Waals surface area contributed by atoms with Crippen molar-refractivity contribution in [3.05, 3.63) is 64.5 Å². The molecule has 1 amide bonds. The molecule has 0 bridgehead atoms. The fraction of sp³-hybridized carbons (Fsp3) is 0.419. The minimum atomic E-state index is -0.104. The van der Waals surface area contributed by atoms with Crippen LogP contribution in [0.15, 0.2) is 48.5 Å². The van der Waals surface area contributed by atoms with Gasteiger partial charge in [0.25, 0.3) is 5.91 Å². The maximum atomic E-state index is 13.5. The van der Waals surface area contributed by atoms with Gasteiger partial charge in [0.1, 0.15) is 15.8 Å². The number of carbonyl (C=O) groups is 1. The van der Waals surface area contributed by atoms with Crippen molar-refractivity contribution in [2.75, 3.05) is 11.9 Å². The number of aromatic nitrogens is 1. The fourth-order valence-corrected chi connectivity index (χ4v) is 7.50. The Morgan fingerprint density at radius 2 is 1.95 bits per heavy atom. The number of thiophene rings is 1. The van der Waals surface area contributed by atoms with Crippen LogP contribution in [0.4, 0.5) is 5.00 Å². The summed E-state index contributed by atoms with van der Waals surface area (Å²) in [7, 11) is 0. The van der Waals surface area contributed by atoms with E-state index in [9.17, 15) is 4.79 Å². The molecule has 0 radical (unpaired) electrons. The normalized spacial score (nSPS) is 15.5. The number of ether oxygens (including phenoxy) is 1. The van der Waals surface area contributed by atoms with Crippen molar-refractivity contribution in [2.24, 2.45) is 11.3 Å². The summed E-state index contributed by atoms with van der Waals surface area (Å²) in [6, 6.07) is 15.8. The van der Waals surface area contributed by atoms with Crippen LogP contribution in [0.1, 0.15) is 74.2 Å². The number of nitrogens with one attached hydrogen (secondary N) is 1. The molecule has 2 aromatic carbocycles. The van der Waals surface area contributed by atoms with Crippen molar-refractivity contribution in [3.63, 3.8) is 0 Å². The second-order valence-corrected chi connectivity index (χ2v) is 13.2. The van der Waals surface area contributed by atoms with Gasteiger partial charge in [-0.2, -0.15) is 0 Å². The Labute approximate surface area is 228 Å². The van der Waals surface area contributed by atoms with Gasteiger partial charge in [-0.15, -0.1) is 22.7 Å². The lowest BCUT2D eigenvalue weighted by atomic mass is 9.72. The first-order chi connectivity index (χ1) is 17.8. The monoisotopic (exact) mass is 532 g/mol. The summed E-state index contributed by atoms with van der Waals surface area (Å²) in [6.45, 7) is 9.87. The summed E-state index contributed by atoms with van der Waals surface area (Å²) in [5.41, 5.74) is 4.37. The van der Waals surface area contributed by atoms with Crippen LogP contribution in [0.5, 0.6) is 5.75 Å². The van der Waals surface area contributed by atoms with Crippen LogP contribution < -0.4 is 10.1 Å². The molecule has 1 aliphatic rings. The van der Waals surface area contributed by atoms with E-state index in [0.29, 0.717) is 18.1 Å². The molecule has 1 atom stereocenters. The highest BCUT2D eigenvalue weighted by Crippen LogP contribution is 2.49. The first kappa shape index (κ1) is 25.9. The van der Waals surface area contributed by atoms with Gasteiger partial charge < -0.3 is 10.1 Å². The smallest absolute Gasteiger partial charge is 0.256 e. The summed E-state index contributed by atoms with van der Waals surface area (Å²) in [4.78, 5) is 19.8. The zero-order chi connectivity index (χ0) is 26.0. The molecule has 0 spiro atoms. The van der Waals surface area contributed by atoms with Gasteiger partial charge in [-0.05, 0) is 72.9 Å². The van der Waals surface area contributed by atoms with Crippen LogP contribution in [-0.2, 0) is 12.8 Å². The lowest BCUT2D eigenvalue weighted by Crippen LogP contribution is -2.26. The number of nitrogens with zero attached hydrogens (tertiary/aromatic N) is 1. The number of hydrogen-bond donors (Lipinski definition) is 1. The van der Waals surface area contributed by atoms with Gasteiger partial charge in [-0.1, -0.05) is 58.7 Å². The number of rotatable bonds is 8. The summed E-state index contributed by atoms with van der Waals surface area (Å²) in [6.07, 6.45) is 6.57. The van der Waals surface area contributed by atoms with E-state index in [0.717, 1.165) is 65.4 Å². The van der Waals surface area contributed by atoms with Gasteiger partial charge >= 0.3 is 0 Å². The molecule has 0 aliphatic heterocycles. The fourth-order valence-electron chi connectivity index (χ4n) is 5.06. The maximum absolute atomic E-state index is 13.5. The number of carbonyl (C=O) groups excluding carboxylic acids is 1. The molecule has 2 heterocycles. The Balaban J connectivity index is 1.46. The van der Waals surface area contributed by atoms with Crippen molar-refractivity contribution in [3.8, 4) is 16.3 Å². The minimum absolute atomic E-state index is 0.104. The molecule has 1 N–H and O–H groups in total. The Bertz CT molecular complexity index is 1360. The van der Waals surface area contributed by atoms with Crippen molar-refractivity contribution < 1.29 is 9.53 Å². The van der Waals surface area contributed by atoms with E-state index in [1.54, 1.807) is 22.7 Å². The Hall–Kier alpha value is -2.70. The molecule has 0 fully saturated rings. The number of thiazole rings is 1. The highest BCUT2D eigenvalue weighted by Gasteiger charge is 2.33. The summed E-state index contributed by atoms with van der Waals surface area (Å²) >= 11 is 3.45. The topological polar surface area (TPSA) is 51.2 Å². The van der Waals surface area contributed by atoms with Crippen molar-refractivity contribution in [1.29, 1.82) is 0 Å². The molecular formula is C31H36N2O2S2. The molecule has 6 heteroatoms. The highest BCUT2D eigenvalue weighted by atomic mass is 32.1. The lowest BCUT2D eigenvalue weighted by Gasteiger charge is -2.33. The standard InChI is InChI=1S/C31H36N2O2S2/c1-5-6-9-17-35-22-12-10-11-20(18-22)28(34)33-30-27(29-32-24-13-7-8-14-25(24)36-29)23-16-15-21(31(2,3)4)19-26(23)37-30/h7-8,10-14,18,21H,5-6,9,15-17,19H2,1-4H3,(H,33,34). The van der Waals surface area contributed by atoms with Gasteiger partial charge in [0.15, 0.2) is 0 Å². The quantitative estimate of drug-likeness (QED) is 0.230. The number of para-hydroxylation sites is 1. The van der Waals surface area contributed by atoms with E-state index in [-0.39, 0.29) is 11.3 Å². The third-order valence-electron chi connectivity index (χ3n) is 7.34. The van der Waals surface area contributed by atoms with Gasteiger partial charge in [0.2, 0.25) is 0 Å². The van der Waals surface area contributed by atoms with Crippen LogP contribution >= 0.6 is 22.7 Å². The molecule has 37 heavy (non-hydrogen) atoms. The molecule has 1 aliphatic carbocycles. The Morgan fingerprint density at radius 3 is 2.73 bits per heavy atom. The number of fused-ring (bicyclic) bond motifs is 2. The summed E-state index contributed by atoms with van der Waals surface area (Å²) in [5.74, 6) is 1.27. The van der Waals surface area contributed by atoms with E-state index >= 15 is 0 Å². The average Bonchev–Trinajstić information content (AvgIpc) is 3.46. The minimum Gasteiger partial charge on any atom is -0.494 e. The van der Waals surface area contributed by atoms with Gasteiger partial charge in [0.05, 0.1) is 16.8 Å². The molecule has 194 valence electrons. The molecule has 4 aromatic rings. The second-order valence-electron chi connectivity index (χ2n) is 11.0. The van der Waals surface area contributed by atoms with E-state index in [1.165, 1.54) is 15.1 Å². The largest absolute Gasteiger partial charge is 0.494 e. The van der Waals surface area contributed by atoms with Crippen LogP contribution in [0.3, 0.4) is 0 Å². The number of amides is 1. The van der Waals surface area contributed by atoms with E-state index in [1.807, 2.05) is 30.3 Å². The molecule has 5 rings (SSSR count). The predicted octanol–water partition coefficient (Wildman–Crippen LogP) is 9.00. The molecular weight excluding hydrogens is 496 g/mol. The predicted molar refractivity (Wildman–Crippen MR) is 157 cm³/mol. The molecule has 2 aromatic heterocycles. The third kappa shape index (κ3) is 5.75. The van der Waals surface area contributed by atoms with E-state index < -0.39 is 0 Å². The van der Waals surface area contributed by atoms with E-state index in [2.05, 4.69) is 51.2 Å². The number of unbranched alkanes of at least 4 members (excludes halogenated alkanes) is 2. The summed E-state index contributed by atoms with van der Waals surface area (Å²) in [5, 5.41) is 5.19. The van der Waals surface area contributed by atoms with Crippen LogP contribution in [0.2, 0.25) is 0 Å². The van der Waals surface area contributed by atoms with Crippen molar-refractivity contribution >= 4 is 43.8 Å². The SMILES string of the molecule is CCCCCOc1cccc(C(=O)Nc2sc3c(c2-c2nc4ccccc4s2)CCC(C(C)(C)C)C3)c1. The van der Waals surface area contributed by atoms with E-state index in [4.69, 9.17) is 9.72 Å². The first-order valence-electron chi connectivity index (χ1n) is 13.4.